The van der Waals surface area contributed by atoms with Gasteiger partial charge in [0.15, 0.2) is 0 Å². The first-order chi connectivity index (χ1) is 7.49. The highest BCUT2D eigenvalue weighted by molar-refractivity contribution is 6.15. The van der Waals surface area contributed by atoms with E-state index < -0.39 is 11.9 Å². The molecule has 1 aromatic carbocycles. The molecule has 0 fully saturated rings. The summed E-state index contributed by atoms with van der Waals surface area (Å²) in [7, 11) is 0. The maximum Gasteiger partial charge on any atom is 0.335 e. The number of carboxylic acids is 1. The SMILES string of the molecule is C=C(C(=O)O)c1cc2c(cc1O)CC(=O)O2. The summed E-state index contributed by atoms with van der Waals surface area (Å²) in [6.07, 6.45) is 0.0860. The largest absolute Gasteiger partial charge is 0.507 e. The van der Waals surface area contributed by atoms with Gasteiger partial charge in [0, 0.05) is 11.1 Å². The Morgan fingerprint density at radius 3 is 2.75 bits per heavy atom. The Morgan fingerprint density at radius 2 is 2.12 bits per heavy atom. The number of phenols is 1. The zero-order chi connectivity index (χ0) is 11.9. The third-order valence-corrected chi connectivity index (χ3v) is 2.32. The maximum absolute atomic E-state index is 11.0. The second kappa shape index (κ2) is 3.37. The van der Waals surface area contributed by atoms with Crippen molar-refractivity contribution in [3.05, 3.63) is 29.8 Å². The molecule has 0 aromatic heterocycles. The maximum atomic E-state index is 11.0. The number of benzene rings is 1. The fourth-order valence-corrected chi connectivity index (χ4v) is 1.52. The van der Waals surface area contributed by atoms with Crippen LogP contribution >= 0.6 is 0 Å². The Bertz CT molecular complexity index is 515. The van der Waals surface area contributed by atoms with E-state index in [0.717, 1.165) is 0 Å². The van der Waals surface area contributed by atoms with Gasteiger partial charge in [0.1, 0.15) is 11.5 Å². The average Bonchev–Trinajstić information content (AvgIpc) is 2.54. The number of aromatic hydroxyl groups is 1. The number of aliphatic carboxylic acids is 1. The highest BCUT2D eigenvalue weighted by Gasteiger charge is 2.24. The number of hydrogen-bond donors (Lipinski definition) is 2. The molecule has 0 amide bonds. The number of rotatable bonds is 2. The Labute approximate surface area is 90.6 Å². The van der Waals surface area contributed by atoms with Crippen molar-refractivity contribution in [1.82, 2.24) is 0 Å². The number of esters is 1. The third-order valence-electron chi connectivity index (χ3n) is 2.32. The van der Waals surface area contributed by atoms with Crippen LogP contribution in [0.4, 0.5) is 0 Å². The smallest absolute Gasteiger partial charge is 0.335 e. The lowest BCUT2D eigenvalue weighted by Crippen LogP contribution is -2.00. The number of carboxylic acid groups (broad SMARTS) is 1. The molecule has 1 aromatic rings. The first kappa shape index (κ1) is 10.2. The normalized spacial score (nSPS) is 13.1. The molecular weight excluding hydrogens is 212 g/mol. The molecule has 16 heavy (non-hydrogen) atoms. The van der Waals surface area contributed by atoms with Crippen LogP contribution in [0.25, 0.3) is 5.57 Å². The fourth-order valence-electron chi connectivity index (χ4n) is 1.52. The topological polar surface area (TPSA) is 83.8 Å². The summed E-state index contributed by atoms with van der Waals surface area (Å²) in [5.74, 6) is -1.60. The zero-order valence-electron chi connectivity index (χ0n) is 8.19. The number of carbonyl (C=O) groups excluding carboxylic acids is 1. The summed E-state index contributed by atoms with van der Waals surface area (Å²) in [5, 5.41) is 18.3. The van der Waals surface area contributed by atoms with Gasteiger partial charge in [0.25, 0.3) is 0 Å². The van der Waals surface area contributed by atoms with Crippen LogP contribution in [0.15, 0.2) is 18.7 Å². The second-order valence-electron chi connectivity index (χ2n) is 3.41. The van der Waals surface area contributed by atoms with E-state index in [1.54, 1.807) is 0 Å². The first-order valence-electron chi connectivity index (χ1n) is 4.48. The van der Waals surface area contributed by atoms with Crippen molar-refractivity contribution < 1.29 is 24.5 Å². The molecule has 0 radical (unpaired) electrons. The van der Waals surface area contributed by atoms with Crippen LogP contribution in [0, 0.1) is 0 Å². The van der Waals surface area contributed by atoms with Crippen LogP contribution in [0.1, 0.15) is 11.1 Å². The molecule has 5 heteroatoms. The summed E-state index contributed by atoms with van der Waals surface area (Å²) < 4.78 is 4.85. The molecule has 2 N–H and O–H groups in total. The second-order valence-corrected chi connectivity index (χ2v) is 3.41. The van der Waals surface area contributed by atoms with E-state index in [0.29, 0.717) is 5.56 Å². The Kier molecular flexibility index (Phi) is 2.16. The van der Waals surface area contributed by atoms with Crippen molar-refractivity contribution in [3.8, 4) is 11.5 Å². The van der Waals surface area contributed by atoms with Crippen molar-refractivity contribution in [2.75, 3.05) is 0 Å². The van der Waals surface area contributed by atoms with Gasteiger partial charge in [-0.1, -0.05) is 6.58 Å². The molecule has 0 spiro atoms. The Hall–Kier alpha value is -2.30. The van der Waals surface area contributed by atoms with Gasteiger partial charge in [-0.25, -0.2) is 4.79 Å². The molecule has 0 unspecified atom stereocenters. The van der Waals surface area contributed by atoms with Crippen molar-refractivity contribution in [2.45, 2.75) is 6.42 Å². The number of hydrogen-bond acceptors (Lipinski definition) is 4. The third kappa shape index (κ3) is 1.52. The van der Waals surface area contributed by atoms with E-state index in [1.165, 1.54) is 12.1 Å². The van der Waals surface area contributed by atoms with E-state index in [4.69, 9.17) is 9.84 Å². The van der Waals surface area contributed by atoms with Gasteiger partial charge in [-0.05, 0) is 12.1 Å². The first-order valence-corrected chi connectivity index (χ1v) is 4.48. The van der Waals surface area contributed by atoms with E-state index in [1.807, 2.05) is 0 Å². The lowest BCUT2D eigenvalue weighted by molar-refractivity contribution is -0.132. The highest BCUT2D eigenvalue weighted by Crippen LogP contribution is 2.35. The molecule has 1 aliphatic heterocycles. The van der Waals surface area contributed by atoms with Crippen LogP contribution in [0.2, 0.25) is 0 Å². The molecule has 0 aliphatic carbocycles. The zero-order valence-corrected chi connectivity index (χ0v) is 8.19. The average molecular weight is 220 g/mol. The summed E-state index contributed by atoms with van der Waals surface area (Å²) in [5.41, 5.74) is 0.355. The molecule has 2 rings (SSSR count). The molecule has 1 aliphatic rings. The van der Waals surface area contributed by atoms with E-state index in [9.17, 15) is 14.7 Å². The predicted octanol–water partition coefficient (Wildman–Crippen LogP) is 0.951. The summed E-state index contributed by atoms with van der Waals surface area (Å²) >= 11 is 0. The molecule has 0 saturated heterocycles. The van der Waals surface area contributed by atoms with Crippen LogP contribution < -0.4 is 4.74 Å². The van der Waals surface area contributed by atoms with E-state index >= 15 is 0 Å². The molecule has 82 valence electrons. The summed E-state index contributed by atoms with van der Waals surface area (Å²) in [6, 6.07) is 2.63. The van der Waals surface area contributed by atoms with Crippen molar-refractivity contribution in [1.29, 1.82) is 0 Å². The number of carbonyl (C=O) groups is 2. The van der Waals surface area contributed by atoms with E-state index in [2.05, 4.69) is 6.58 Å². The van der Waals surface area contributed by atoms with Crippen LogP contribution in [0.3, 0.4) is 0 Å². The van der Waals surface area contributed by atoms with Gasteiger partial charge >= 0.3 is 11.9 Å². The van der Waals surface area contributed by atoms with Crippen LogP contribution in [0.5, 0.6) is 11.5 Å². The van der Waals surface area contributed by atoms with Crippen molar-refractivity contribution in [3.63, 3.8) is 0 Å². The number of ether oxygens (including phenoxy) is 1. The van der Waals surface area contributed by atoms with Crippen LogP contribution in [-0.4, -0.2) is 22.2 Å². The van der Waals surface area contributed by atoms with Gasteiger partial charge in [-0.3, -0.25) is 4.79 Å². The lowest BCUT2D eigenvalue weighted by atomic mass is 10.0. The predicted molar refractivity (Wildman–Crippen MR) is 54.1 cm³/mol. The molecule has 1 heterocycles. The van der Waals surface area contributed by atoms with Crippen molar-refractivity contribution >= 4 is 17.5 Å². The number of fused-ring (bicyclic) bond motifs is 1. The highest BCUT2D eigenvalue weighted by atomic mass is 16.5. The molecule has 0 atom stereocenters. The van der Waals surface area contributed by atoms with Crippen molar-refractivity contribution in [2.24, 2.45) is 0 Å². The van der Waals surface area contributed by atoms with Gasteiger partial charge < -0.3 is 14.9 Å². The monoisotopic (exact) mass is 220 g/mol. The Balaban J connectivity index is 2.50. The minimum absolute atomic E-state index is 0.0564. The lowest BCUT2D eigenvalue weighted by Gasteiger charge is -2.06. The fraction of sp³-hybridized carbons (Fsp3) is 0.0909. The summed E-state index contributed by atoms with van der Waals surface area (Å²) in [6.45, 7) is 3.33. The van der Waals surface area contributed by atoms with Gasteiger partial charge in [0.05, 0.1) is 12.0 Å². The standard InChI is InChI=1S/C11H8O5/c1-5(11(14)15)7-4-9-6(2-8(7)12)3-10(13)16-9/h2,4,12H,1,3H2,(H,14,15). The number of phenolic OH excluding ortho intramolecular Hbond substituents is 1. The summed E-state index contributed by atoms with van der Waals surface area (Å²) in [4.78, 5) is 21.7. The van der Waals surface area contributed by atoms with E-state index in [-0.39, 0.29) is 29.1 Å². The molecule has 0 bridgehead atoms. The molecule has 0 saturated carbocycles. The van der Waals surface area contributed by atoms with Gasteiger partial charge in [0.2, 0.25) is 0 Å². The minimum atomic E-state index is -1.24. The van der Waals surface area contributed by atoms with Gasteiger partial charge in [-0.15, -0.1) is 0 Å². The quantitative estimate of drug-likeness (QED) is 0.440. The van der Waals surface area contributed by atoms with Crippen LogP contribution in [-0.2, 0) is 16.0 Å². The minimum Gasteiger partial charge on any atom is -0.507 e. The Morgan fingerprint density at radius 1 is 1.44 bits per heavy atom. The molecular formula is C11H8O5. The van der Waals surface area contributed by atoms with Gasteiger partial charge in [-0.2, -0.15) is 0 Å². The molecule has 5 nitrogen and oxygen atoms in total.